The Morgan fingerprint density at radius 2 is 1.56 bits per heavy atom. The Hall–Kier alpha value is -3.47. The summed E-state index contributed by atoms with van der Waals surface area (Å²) in [4.78, 5) is 32.6. The van der Waals surface area contributed by atoms with E-state index in [4.69, 9.17) is 4.98 Å². The molecule has 1 aromatic heterocycles. The molecule has 1 fully saturated rings. The van der Waals surface area contributed by atoms with Gasteiger partial charge in [0.1, 0.15) is 11.4 Å². The molecule has 1 saturated carbocycles. The summed E-state index contributed by atoms with van der Waals surface area (Å²) in [6.07, 6.45) is 4.06. The highest BCUT2D eigenvalue weighted by Gasteiger charge is 2.41. The van der Waals surface area contributed by atoms with Crippen molar-refractivity contribution in [2.24, 2.45) is 0 Å². The van der Waals surface area contributed by atoms with Gasteiger partial charge in [0.15, 0.2) is 0 Å². The van der Waals surface area contributed by atoms with E-state index < -0.39 is 5.54 Å². The summed E-state index contributed by atoms with van der Waals surface area (Å²) in [5, 5.41) is 3.03. The van der Waals surface area contributed by atoms with Gasteiger partial charge in [0.25, 0.3) is 5.91 Å². The monoisotopic (exact) mass is 455 g/mol. The molecule has 0 unspecified atom stereocenters. The van der Waals surface area contributed by atoms with Crippen LogP contribution in [0, 0.1) is 6.92 Å². The minimum Gasteiger partial charge on any atom is -0.326 e. The lowest BCUT2D eigenvalue weighted by Crippen LogP contribution is -2.58. The largest absolute Gasteiger partial charge is 0.326 e. The summed E-state index contributed by atoms with van der Waals surface area (Å²) in [6.45, 7) is 7.26. The number of carbonyl (C=O) groups excluding carboxylic acids is 2. The zero-order valence-corrected chi connectivity index (χ0v) is 20.5. The SMILES string of the molecule is CC(=O)N(C1CCCC1)C(C)(C)C(=O)Nc1cc(-c2ccc(C)cc2)cc(-c2ccccc2)n1. The highest BCUT2D eigenvalue weighted by Crippen LogP contribution is 2.32. The second-order valence-electron chi connectivity index (χ2n) is 9.70. The molecule has 0 radical (unpaired) electrons. The first kappa shape index (κ1) is 23.7. The van der Waals surface area contributed by atoms with E-state index in [1.54, 1.807) is 11.8 Å². The van der Waals surface area contributed by atoms with Gasteiger partial charge in [0.05, 0.1) is 5.69 Å². The minimum atomic E-state index is -0.991. The number of hydrogen-bond acceptors (Lipinski definition) is 3. The van der Waals surface area contributed by atoms with Crippen LogP contribution in [0.1, 0.15) is 52.0 Å². The molecule has 1 heterocycles. The molecule has 1 aliphatic rings. The van der Waals surface area contributed by atoms with Gasteiger partial charge in [-0.1, -0.05) is 73.0 Å². The van der Waals surface area contributed by atoms with Crippen molar-refractivity contribution in [1.82, 2.24) is 9.88 Å². The third-order valence-corrected chi connectivity index (χ3v) is 6.71. The first-order valence-electron chi connectivity index (χ1n) is 12.0. The normalized spacial score (nSPS) is 14.1. The molecule has 0 spiro atoms. The van der Waals surface area contributed by atoms with Crippen molar-refractivity contribution < 1.29 is 9.59 Å². The second kappa shape index (κ2) is 9.80. The number of rotatable bonds is 6. The fourth-order valence-corrected chi connectivity index (χ4v) is 4.91. The van der Waals surface area contributed by atoms with Gasteiger partial charge in [0.2, 0.25) is 5.91 Å². The Bertz CT molecular complexity index is 1160. The number of pyridine rings is 1. The van der Waals surface area contributed by atoms with Crippen LogP contribution in [0.4, 0.5) is 5.82 Å². The van der Waals surface area contributed by atoms with Crippen LogP contribution in [-0.4, -0.2) is 33.3 Å². The molecule has 0 saturated heterocycles. The highest BCUT2D eigenvalue weighted by molar-refractivity contribution is 5.99. The lowest BCUT2D eigenvalue weighted by molar-refractivity contribution is -0.145. The lowest BCUT2D eigenvalue weighted by Gasteiger charge is -2.40. The van der Waals surface area contributed by atoms with Gasteiger partial charge in [-0.05, 0) is 56.9 Å². The molecular weight excluding hydrogens is 422 g/mol. The van der Waals surface area contributed by atoms with Gasteiger partial charge in [-0.3, -0.25) is 9.59 Å². The molecule has 0 aliphatic heterocycles. The van der Waals surface area contributed by atoms with Gasteiger partial charge in [-0.25, -0.2) is 4.98 Å². The van der Waals surface area contributed by atoms with E-state index in [9.17, 15) is 9.59 Å². The Morgan fingerprint density at radius 3 is 2.18 bits per heavy atom. The number of nitrogens with zero attached hydrogens (tertiary/aromatic N) is 2. The van der Waals surface area contributed by atoms with Crippen LogP contribution >= 0.6 is 0 Å². The molecule has 2 amide bonds. The van der Waals surface area contributed by atoms with Crippen molar-refractivity contribution in [2.75, 3.05) is 5.32 Å². The number of aromatic nitrogens is 1. The molecule has 5 nitrogen and oxygen atoms in total. The molecule has 3 aromatic rings. The van der Waals surface area contributed by atoms with E-state index in [1.165, 1.54) is 5.56 Å². The Balaban J connectivity index is 1.70. The van der Waals surface area contributed by atoms with Gasteiger partial charge >= 0.3 is 0 Å². The van der Waals surface area contributed by atoms with E-state index in [0.29, 0.717) is 5.82 Å². The maximum atomic E-state index is 13.5. The molecule has 1 N–H and O–H groups in total. The summed E-state index contributed by atoms with van der Waals surface area (Å²) in [5.41, 5.74) is 3.98. The fraction of sp³-hybridized carbons (Fsp3) is 0.345. The fourth-order valence-electron chi connectivity index (χ4n) is 4.91. The summed E-state index contributed by atoms with van der Waals surface area (Å²) >= 11 is 0. The average molecular weight is 456 g/mol. The van der Waals surface area contributed by atoms with Crippen molar-refractivity contribution in [3.05, 3.63) is 72.3 Å². The first-order chi connectivity index (χ1) is 16.3. The molecule has 2 aromatic carbocycles. The van der Waals surface area contributed by atoms with Crippen molar-refractivity contribution >= 4 is 17.6 Å². The zero-order chi connectivity index (χ0) is 24.3. The molecule has 176 valence electrons. The molecule has 0 bridgehead atoms. The maximum Gasteiger partial charge on any atom is 0.250 e. The smallest absolute Gasteiger partial charge is 0.250 e. The average Bonchev–Trinajstić information content (AvgIpc) is 3.33. The predicted molar refractivity (Wildman–Crippen MR) is 137 cm³/mol. The molecule has 4 rings (SSSR count). The van der Waals surface area contributed by atoms with E-state index in [-0.39, 0.29) is 17.9 Å². The van der Waals surface area contributed by atoms with Gasteiger partial charge in [-0.2, -0.15) is 0 Å². The van der Waals surface area contributed by atoms with Crippen LogP contribution in [0.25, 0.3) is 22.4 Å². The second-order valence-corrected chi connectivity index (χ2v) is 9.70. The number of hydrogen-bond donors (Lipinski definition) is 1. The highest BCUT2D eigenvalue weighted by atomic mass is 16.2. The van der Waals surface area contributed by atoms with Crippen LogP contribution in [-0.2, 0) is 9.59 Å². The predicted octanol–water partition coefficient (Wildman–Crippen LogP) is 6.23. The number of benzene rings is 2. The maximum absolute atomic E-state index is 13.5. The first-order valence-corrected chi connectivity index (χ1v) is 12.0. The summed E-state index contributed by atoms with van der Waals surface area (Å²) in [5.74, 6) is 0.172. The topological polar surface area (TPSA) is 62.3 Å². The van der Waals surface area contributed by atoms with Crippen LogP contribution in [0.3, 0.4) is 0 Å². The Morgan fingerprint density at radius 1 is 0.912 bits per heavy atom. The van der Waals surface area contributed by atoms with E-state index >= 15 is 0 Å². The third kappa shape index (κ3) is 5.04. The summed E-state index contributed by atoms with van der Waals surface area (Å²) in [7, 11) is 0. The lowest BCUT2D eigenvalue weighted by atomic mass is 9.97. The Labute approximate surface area is 202 Å². The number of nitrogens with one attached hydrogen (secondary N) is 1. The van der Waals surface area contributed by atoms with Gasteiger partial charge in [0, 0.05) is 18.5 Å². The number of carbonyl (C=O) groups is 2. The molecule has 5 heteroatoms. The Kier molecular flexibility index (Phi) is 6.82. The zero-order valence-electron chi connectivity index (χ0n) is 20.5. The standard InChI is InChI=1S/C29H33N3O2/c1-20-14-16-22(17-15-20)24-18-26(23-10-6-5-7-11-23)30-27(19-24)31-28(34)29(3,4)32(21(2)33)25-12-8-9-13-25/h5-7,10-11,14-19,25H,8-9,12-13H2,1-4H3,(H,30,31,34). The number of anilines is 1. The minimum absolute atomic E-state index is 0.0709. The molecule has 1 aliphatic carbocycles. The van der Waals surface area contributed by atoms with E-state index in [1.807, 2.05) is 56.3 Å². The van der Waals surface area contributed by atoms with Gasteiger partial charge in [-0.15, -0.1) is 0 Å². The van der Waals surface area contributed by atoms with E-state index in [0.717, 1.165) is 48.1 Å². The van der Waals surface area contributed by atoms with Crippen LogP contribution < -0.4 is 5.32 Å². The summed E-state index contributed by atoms with van der Waals surface area (Å²) in [6, 6.07) is 22.3. The molecular formula is C29H33N3O2. The summed E-state index contributed by atoms with van der Waals surface area (Å²) < 4.78 is 0. The number of amides is 2. The van der Waals surface area contributed by atoms with Gasteiger partial charge < -0.3 is 10.2 Å². The number of aryl methyl sites for hydroxylation is 1. The quantitative estimate of drug-likeness (QED) is 0.479. The van der Waals surface area contributed by atoms with Crippen molar-refractivity contribution in [2.45, 2.75) is 65.0 Å². The van der Waals surface area contributed by atoms with Crippen molar-refractivity contribution in [3.8, 4) is 22.4 Å². The molecule has 0 atom stereocenters. The third-order valence-electron chi connectivity index (χ3n) is 6.71. The van der Waals surface area contributed by atoms with Crippen LogP contribution in [0.15, 0.2) is 66.7 Å². The van der Waals surface area contributed by atoms with Crippen LogP contribution in [0.5, 0.6) is 0 Å². The van der Waals surface area contributed by atoms with Crippen LogP contribution in [0.2, 0.25) is 0 Å². The van der Waals surface area contributed by atoms with E-state index in [2.05, 4.69) is 36.5 Å². The van der Waals surface area contributed by atoms with Crippen molar-refractivity contribution in [3.63, 3.8) is 0 Å². The van der Waals surface area contributed by atoms with Crippen molar-refractivity contribution in [1.29, 1.82) is 0 Å². The molecule has 34 heavy (non-hydrogen) atoms.